The summed E-state index contributed by atoms with van der Waals surface area (Å²) in [4.78, 5) is 41.3. The van der Waals surface area contributed by atoms with E-state index < -0.39 is 17.3 Å². The Morgan fingerprint density at radius 2 is 2.00 bits per heavy atom. The lowest BCUT2D eigenvalue weighted by atomic mass is 9.97. The van der Waals surface area contributed by atoms with Crippen LogP contribution < -0.4 is 10.9 Å². The maximum Gasteiger partial charge on any atom is 0.407 e. The zero-order chi connectivity index (χ0) is 22.5. The van der Waals surface area contributed by atoms with Crippen LogP contribution in [0, 0.1) is 25.2 Å². The average molecular weight is 417 g/mol. The molecule has 0 aromatic carbocycles. The number of piperidine rings is 1. The van der Waals surface area contributed by atoms with Gasteiger partial charge in [-0.15, -0.1) is 0 Å². The fourth-order valence-electron chi connectivity index (χ4n) is 3.85. The standard InChI is InChI=1S/C22H32N4O4/c1-14-17(15(2)25-20(28)18(14)12-23)9-10-19(27)26-11-7-6-8-16(26)13-24-21(29)30-22(3,4)5/h16H,6-11,13H2,1-5H3,(H,24,29)(H,25,28). The van der Waals surface area contributed by atoms with Gasteiger partial charge in [0.1, 0.15) is 17.2 Å². The van der Waals surface area contributed by atoms with Gasteiger partial charge < -0.3 is 19.9 Å². The third-order valence-corrected chi connectivity index (χ3v) is 5.34. The number of nitriles is 1. The summed E-state index contributed by atoms with van der Waals surface area (Å²) in [6.07, 6.45) is 3.02. The highest BCUT2D eigenvalue weighted by atomic mass is 16.6. The van der Waals surface area contributed by atoms with Crippen molar-refractivity contribution in [2.45, 2.75) is 78.4 Å². The molecule has 0 radical (unpaired) electrons. The number of ether oxygens (including phenoxy) is 1. The molecule has 2 amide bonds. The predicted octanol–water partition coefficient (Wildman–Crippen LogP) is 2.70. The van der Waals surface area contributed by atoms with E-state index in [1.165, 1.54) is 0 Å². The van der Waals surface area contributed by atoms with Gasteiger partial charge in [-0.25, -0.2) is 4.79 Å². The Bertz CT molecular complexity index is 892. The third-order valence-electron chi connectivity index (χ3n) is 5.34. The quantitative estimate of drug-likeness (QED) is 0.766. The summed E-state index contributed by atoms with van der Waals surface area (Å²) in [6, 6.07) is 1.88. The molecule has 0 spiro atoms. The summed E-state index contributed by atoms with van der Waals surface area (Å²) in [6.45, 7) is 9.96. The molecule has 1 aromatic rings. The van der Waals surface area contributed by atoms with Gasteiger partial charge in [0.05, 0.1) is 0 Å². The molecule has 2 heterocycles. The molecule has 1 aromatic heterocycles. The van der Waals surface area contributed by atoms with Crippen LogP contribution in [0.3, 0.4) is 0 Å². The number of aromatic amines is 1. The Morgan fingerprint density at radius 1 is 1.30 bits per heavy atom. The summed E-state index contributed by atoms with van der Waals surface area (Å²) < 4.78 is 5.28. The molecule has 2 N–H and O–H groups in total. The Kier molecular flexibility index (Phi) is 7.65. The van der Waals surface area contributed by atoms with Crippen LogP contribution >= 0.6 is 0 Å². The van der Waals surface area contributed by atoms with Crippen molar-refractivity contribution in [3.8, 4) is 6.07 Å². The molecule has 0 saturated carbocycles. The van der Waals surface area contributed by atoms with Crippen molar-refractivity contribution >= 4 is 12.0 Å². The van der Waals surface area contributed by atoms with Gasteiger partial charge in [-0.05, 0) is 71.4 Å². The van der Waals surface area contributed by atoms with Crippen LogP contribution in [0.4, 0.5) is 4.79 Å². The number of carbonyl (C=O) groups excluding carboxylic acids is 2. The van der Waals surface area contributed by atoms with Gasteiger partial charge in [0.2, 0.25) is 5.91 Å². The average Bonchev–Trinajstić information content (AvgIpc) is 2.65. The number of nitrogens with zero attached hydrogens (tertiary/aromatic N) is 2. The van der Waals surface area contributed by atoms with E-state index in [-0.39, 0.29) is 23.9 Å². The van der Waals surface area contributed by atoms with Crippen molar-refractivity contribution in [2.24, 2.45) is 0 Å². The second-order valence-electron chi connectivity index (χ2n) is 8.79. The van der Waals surface area contributed by atoms with Gasteiger partial charge in [0.25, 0.3) is 5.56 Å². The van der Waals surface area contributed by atoms with E-state index in [4.69, 9.17) is 4.74 Å². The van der Waals surface area contributed by atoms with Crippen LogP contribution in [0.25, 0.3) is 0 Å². The molecule has 1 unspecified atom stereocenters. The number of H-pyrrole nitrogens is 1. The molecule has 164 valence electrons. The second kappa shape index (κ2) is 9.79. The molecule has 8 heteroatoms. The lowest BCUT2D eigenvalue weighted by Crippen LogP contribution is -2.50. The normalized spacial score (nSPS) is 16.7. The monoisotopic (exact) mass is 416 g/mol. The third kappa shape index (κ3) is 6.09. The molecule has 8 nitrogen and oxygen atoms in total. The molecule has 0 bridgehead atoms. The van der Waals surface area contributed by atoms with Gasteiger partial charge >= 0.3 is 6.09 Å². The van der Waals surface area contributed by atoms with Crippen LogP contribution in [0.5, 0.6) is 0 Å². The highest BCUT2D eigenvalue weighted by molar-refractivity contribution is 5.77. The van der Waals surface area contributed by atoms with Crippen LogP contribution in [-0.4, -0.2) is 46.6 Å². The number of likely N-dealkylation sites (tertiary alicyclic amines) is 1. The fraction of sp³-hybridized carbons (Fsp3) is 0.636. The van der Waals surface area contributed by atoms with Gasteiger partial charge in [0.15, 0.2) is 0 Å². The van der Waals surface area contributed by atoms with E-state index in [1.807, 2.05) is 31.7 Å². The summed E-state index contributed by atoms with van der Waals surface area (Å²) in [5.41, 5.74) is 1.28. The van der Waals surface area contributed by atoms with Gasteiger partial charge in [0, 0.05) is 31.2 Å². The molecule has 1 saturated heterocycles. The zero-order valence-electron chi connectivity index (χ0n) is 18.6. The number of hydrogen-bond acceptors (Lipinski definition) is 5. The molecular formula is C22H32N4O4. The number of hydrogen-bond donors (Lipinski definition) is 2. The molecule has 1 aliphatic rings. The Hall–Kier alpha value is -2.82. The van der Waals surface area contributed by atoms with Gasteiger partial charge in [-0.1, -0.05) is 0 Å². The van der Waals surface area contributed by atoms with Crippen molar-refractivity contribution < 1.29 is 14.3 Å². The van der Waals surface area contributed by atoms with Crippen LogP contribution in [0.1, 0.15) is 68.8 Å². The van der Waals surface area contributed by atoms with E-state index in [0.29, 0.717) is 30.8 Å². The topological polar surface area (TPSA) is 115 Å². The molecule has 2 rings (SSSR count). The number of pyridine rings is 1. The highest BCUT2D eigenvalue weighted by Crippen LogP contribution is 2.20. The number of carbonyl (C=O) groups is 2. The van der Waals surface area contributed by atoms with Crippen molar-refractivity contribution in [1.82, 2.24) is 15.2 Å². The number of alkyl carbamates (subject to hydrolysis) is 1. The smallest absolute Gasteiger partial charge is 0.407 e. The Labute approximate surface area is 177 Å². The molecule has 1 fully saturated rings. The summed E-state index contributed by atoms with van der Waals surface area (Å²) in [5, 5.41) is 12.0. The van der Waals surface area contributed by atoms with E-state index in [1.54, 1.807) is 13.8 Å². The first kappa shape index (κ1) is 23.5. The van der Waals surface area contributed by atoms with Gasteiger partial charge in [-0.2, -0.15) is 5.26 Å². The summed E-state index contributed by atoms with van der Waals surface area (Å²) >= 11 is 0. The lowest BCUT2D eigenvalue weighted by Gasteiger charge is -2.36. The zero-order valence-corrected chi connectivity index (χ0v) is 18.6. The van der Waals surface area contributed by atoms with Crippen molar-refractivity contribution in [3.63, 3.8) is 0 Å². The Balaban J connectivity index is 2.02. The predicted molar refractivity (Wildman–Crippen MR) is 113 cm³/mol. The second-order valence-corrected chi connectivity index (χ2v) is 8.79. The Morgan fingerprint density at radius 3 is 2.63 bits per heavy atom. The minimum Gasteiger partial charge on any atom is -0.444 e. The van der Waals surface area contributed by atoms with E-state index in [2.05, 4.69) is 10.3 Å². The first-order valence-electron chi connectivity index (χ1n) is 10.4. The number of nitrogens with one attached hydrogen (secondary N) is 2. The highest BCUT2D eigenvalue weighted by Gasteiger charge is 2.28. The number of rotatable bonds is 5. The molecule has 1 aliphatic heterocycles. The maximum atomic E-state index is 12.9. The minimum absolute atomic E-state index is 0.00852. The van der Waals surface area contributed by atoms with Gasteiger partial charge in [-0.3, -0.25) is 9.59 Å². The molecule has 30 heavy (non-hydrogen) atoms. The molecule has 1 atom stereocenters. The minimum atomic E-state index is -0.569. The van der Waals surface area contributed by atoms with Crippen molar-refractivity contribution in [3.05, 3.63) is 32.7 Å². The van der Waals surface area contributed by atoms with E-state index >= 15 is 0 Å². The number of aryl methyl sites for hydroxylation is 1. The van der Waals surface area contributed by atoms with Crippen molar-refractivity contribution in [2.75, 3.05) is 13.1 Å². The van der Waals surface area contributed by atoms with Crippen LogP contribution in [0.15, 0.2) is 4.79 Å². The number of aromatic nitrogens is 1. The van der Waals surface area contributed by atoms with Crippen LogP contribution in [0.2, 0.25) is 0 Å². The molecular weight excluding hydrogens is 384 g/mol. The SMILES string of the molecule is Cc1[nH]c(=O)c(C#N)c(C)c1CCC(=O)N1CCCCC1CNC(=O)OC(C)(C)C. The van der Waals surface area contributed by atoms with E-state index in [0.717, 1.165) is 24.8 Å². The largest absolute Gasteiger partial charge is 0.444 e. The first-order valence-corrected chi connectivity index (χ1v) is 10.4. The number of amides is 2. The molecule has 0 aliphatic carbocycles. The van der Waals surface area contributed by atoms with Crippen LogP contribution in [-0.2, 0) is 16.0 Å². The first-order chi connectivity index (χ1) is 14.0. The summed E-state index contributed by atoms with van der Waals surface area (Å²) in [7, 11) is 0. The maximum absolute atomic E-state index is 12.9. The van der Waals surface area contributed by atoms with E-state index in [9.17, 15) is 19.6 Å². The summed E-state index contributed by atoms with van der Waals surface area (Å²) in [5.74, 6) is 0.00852. The fourth-order valence-corrected chi connectivity index (χ4v) is 3.85. The lowest BCUT2D eigenvalue weighted by molar-refractivity contribution is -0.134. The van der Waals surface area contributed by atoms with Crippen molar-refractivity contribution in [1.29, 1.82) is 5.26 Å².